The number of hydrogen-bond donors (Lipinski definition) is 1. The number of rotatable bonds is 13. The van der Waals surface area contributed by atoms with Crippen molar-refractivity contribution in [3.05, 3.63) is 0 Å². The van der Waals surface area contributed by atoms with Crippen LogP contribution in [0.15, 0.2) is 0 Å². The lowest BCUT2D eigenvalue weighted by molar-refractivity contribution is -0.161. The second kappa shape index (κ2) is 15.6. The maximum atomic E-state index is 12.0. The monoisotopic (exact) mass is 444 g/mol. The van der Waals surface area contributed by atoms with Gasteiger partial charge in [-0.3, -0.25) is 9.59 Å². The molecule has 0 radical (unpaired) electrons. The first kappa shape index (κ1) is 32.0. The van der Waals surface area contributed by atoms with Gasteiger partial charge in [-0.1, -0.05) is 27.7 Å². The summed E-state index contributed by atoms with van der Waals surface area (Å²) in [5.74, 6) is 0.0625. The summed E-state index contributed by atoms with van der Waals surface area (Å²) in [6.07, 6.45) is 2.62. The molecule has 0 aliphatic rings. The van der Waals surface area contributed by atoms with Gasteiger partial charge in [0.1, 0.15) is 6.10 Å². The largest absolute Gasteiger partial charge is 0.459 e. The number of carbonyl (C=O) groups excluding carboxylic acids is 2. The van der Waals surface area contributed by atoms with Gasteiger partial charge in [-0.2, -0.15) is 0 Å². The second-order valence-electron chi connectivity index (χ2n) is 10.4. The molecule has 1 amide bonds. The predicted molar refractivity (Wildman–Crippen MR) is 131 cm³/mol. The Hall–Kier alpha value is -1.18. The van der Waals surface area contributed by atoms with E-state index >= 15 is 0 Å². The van der Waals surface area contributed by atoms with Crippen molar-refractivity contribution in [1.29, 1.82) is 0 Å². The minimum atomic E-state index is -0.392. The number of amides is 1. The molecule has 1 N–H and O–H groups in total. The van der Waals surface area contributed by atoms with Crippen LogP contribution in [0.5, 0.6) is 0 Å². The summed E-state index contributed by atoms with van der Waals surface area (Å²) in [7, 11) is 12.0. The summed E-state index contributed by atoms with van der Waals surface area (Å²) in [5, 5.41) is 2.96. The van der Waals surface area contributed by atoms with Gasteiger partial charge in [0.05, 0.1) is 5.41 Å². The molecule has 31 heavy (non-hydrogen) atoms. The molecule has 0 aromatic carbocycles. The van der Waals surface area contributed by atoms with Crippen LogP contribution < -0.4 is 5.32 Å². The van der Waals surface area contributed by atoms with E-state index in [1.54, 1.807) is 0 Å². The summed E-state index contributed by atoms with van der Waals surface area (Å²) in [6, 6.07) is 0. The normalized spacial score (nSPS) is 12.3. The molecule has 0 bridgehead atoms. The number of ether oxygens (including phenoxy) is 1. The third-order valence-electron chi connectivity index (χ3n) is 5.41. The van der Waals surface area contributed by atoms with Crippen LogP contribution in [0.2, 0.25) is 0 Å². The minimum Gasteiger partial charge on any atom is -0.459 e. The number of carbonyl (C=O) groups is 2. The molecule has 186 valence electrons. The molecule has 0 unspecified atom stereocenters. The molecule has 7 nitrogen and oxygen atoms in total. The van der Waals surface area contributed by atoms with Gasteiger partial charge in [0.15, 0.2) is 0 Å². The van der Waals surface area contributed by atoms with E-state index in [1.165, 1.54) is 0 Å². The van der Waals surface area contributed by atoms with E-state index in [0.717, 1.165) is 45.4 Å². The van der Waals surface area contributed by atoms with Crippen molar-refractivity contribution in [2.24, 2.45) is 10.8 Å². The van der Waals surface area contributed by atoms with Crippen LogP contribution in [-0.4, -0.2) is 101 Å². The maximum Gasteiger partial charge on any atom is 0.311 e. The Labute approximate surface area is 192 Å². The fourth-order valence-electron chi connectivity index (χ4n) is 2.40. The SMILES string of the molecule is CCC(C)(C)C(=O)NCCCN(C)C.CCC(C)(C)C(=O)OC(CN(C)C)CN(C)C. The van der Waals surface area contributed by atoms with E-state index in [1.807, 2.05) is 93.6 Å². The molecule has 0 aromatic rings. The van der Waals surface area contributed by atoms with Gasteiger partial charge in [0, 0.05) is 25.0 Å². The molecular formula is C24H52N4O3. The van der Waals surface area contributed by atoms with Crippen LogP contribution >= 0.6 is 0 Å². The second-order valence-corrected chi connectivity index (χ2v) is 10.4. The summed E-state index contributed by atoms with van der Waals surface area (Å²) in [6.45, 7) is 15.2. The summed E-state index contributed by atoms with van der Waals surface area (Å²) < 4.78 is 5.61. The number of hydrogen-bond acceptors (Lipinski definition) is 6. The van der Waals surface area contributed by atoms with E-state index < -0.39 is 5.41 Å². The third kappa shape index (κ3) is 16.2. The van der Waals surface area contributed by atoms with E-state index in [0.29, 0.717) is 0 Å². The van der Waals surface area contributed by atoms with Crippen LogP contribution in [0, 0.1) is 10.8 Å². The molecule has 0 heterocycles. The Morgan fingerprint density at radius 2 is 1.26 bits per heavy atom. The molecule has 0 aliphatic heterocycles. The number of nitrogens with one attached hydrogen (secondary N) is 1. The molecule has 0 atom stereocenters. The van der Waals surface area contributed by atoms with Gasteiger partial charge in [-0.05, 0) is 81.9 Å². The molecule has 0 aliphatic carbocycles. The van der Waals surface area contributed by atoms with Gasteiger partial charge >= 0.3 is 5.97 Å². The molecule has 0 spiro atoms. The van der Waals surface area contributed by atoms with E-state index in [-0.39, 0.29) is 23.4 Å². The lowest BCUT2D eigenvalue weighted by Gasteiger charge is -2.28. The fraction of sp³-hybridized carbons (Fsp3) is 0.917. The number of esters is 1. The first-order valence-corrected chi connectivity index (χ1v) is 11.5. The van der Waals surface area contributed by atoms with Crippen molar-refractivity contribution in [3.8, 4) is 0 Å². The zero-order valence-electron chi connectivity index (χ0n) is 22.6. The van der Waals surface area contributed by atoms with Crippen molar-refractivity contribution in [2.75, 3.05) is 68.5 Å². The summed E-state index contributed by atoms with van der Waals surface area (Å²) >= 11 is 0. The first-order chi connectivity index (χ1) is 14.1. The summed E-state index contributed by atoms with van der Waals surface area (Å²) in [5.41, 5.74) is -0.616. The van der Waals surface area contributed by atoms with Gasteiger partial charge in [-0.15, -0.1) is 0 Å². The standard InChI is InChI=1S/C13H28N2O2.C11H24N2O/c1-8-13(2,3)12(16)17-11(9-14(4)5)10-15(6)7;1-6-11(2,3)10(14)12-8-7-9-13(4)5/h11H,8-10H2,1-7H3;6-9H2,1-5H3,(H,12,14). The van der Waals surface area contributed by atoms with Crippen molar-refractivity contribution in [1.82, 2.24) is 20.0 Å². The van der Waals surface area contributed by atoms with Crippen LogP contribution in [0.3, 0.4) is 0 Å². The number of likely N-dealkylation sites (N-methyl/N-ethyl adjacent to an activating group) is 2. The van der Waals surface area contributed by atoms with E-state index in [2.05, 4.69) is 10.2 Å². The van der Waals surface area contributed by atoms with Crippen LogP contribution in [0.25, 0.3) is 0 Å². The van der Waals surface area contributed by atoms with Crippen molar-refractivity contribution in [3.63, 3.8) is 0 Å². The lowest BCUT2D eigenvalue weighted by atomic mass is 9.89. The average molecular weight is 445 g/mol. The Morgan fingerprint density at radius 1 is 0.806 bits per heavy atom. The smallest absolute Gasteiger partial charge is 0.311 e. The fourth-order valence-corrected chi connectivity index (χ4v) is 2.40. The molecule has 0 saturated carbocycles. The quantitative estimate of drug-likeness (QED) is 0.348. The maximum absolute atomic E-state index is 12.0. The molecule has 0 rings (SSSR count). The highest BCUT2D eigenvalue weighted by atomic mass is 16.5. The summed E-state index contributed by atoms with van der Waals surface area (Å²) in [4.78, 5) is 29.8. The van der Waals surface area contributed by atoms with Gasteiger partial charge in [0.2, 0.25) is 5.91 Å². The van der Waals surface area contributed by atoms with Crippen LogP contribution in [-0.2, 0) is 14.3 Å². The zero-order valence-corrected chi connectivity index (χ0v) is 22.6. The highest BCUT2D eigenvalue weighted by molar-refractivity contribution is 5.81. The van der Waals surface area contributed by atoms with Crippen molar-refractivity contribution >= 4 is 11.9 Å². The van der Waals surface area contributed by atoms with Crippen LogP contribution in [0.4, 0.5) is 0 Å². The average Bonchev–Trinajstić information content (AvgIpc) is 2.64. The van der Waals surface area contributed by atoms with Gasteiger partial charge < -0.3 is 24.8 Å². The molecule has 0 saturated heterocycles. The van der Waals surface area contributed by atoms with Gasteiger partial charge in [-0.25, -0.2) is 0 Å². The highest BCUT2D eigenvalue weighted by Gasteiger charge is 2.30. The van der Waals surface area contributed by atoms with Crippen LogP contribution in [0.1, 0.15) is 60.8 Å². The number of nitrogens with zero attached hydrogens (tertiary/aromatic N) is 3. The van der Waals surface area contributed by atoms with E-state index in [4.69, 9.17) is 4.74 Å². The lowest BCUT2D eigenvalue weighted by Crippen LogP contribution is -2.40. The van der Waals surface area contributed by atoms with Gasteiger partial charge in [0.25, 0.3) is 0 Å². The van der Waals surface area contributed by atoms with E-state index in [9.17, 15) is 9.59 Å². The third-order valence-corrected chi connectivity index (χ3v) is 5.41. The Morgan fingerprint density at radius 3 is 1.61 bits per heavy atom. The minimum absolute atomic E-state index is 0.0710. The highest BCUT2D eigenvalue weighted by Crippen LogP contribution is 2.22. The zero-order chi connectivity index (χ0) is 24.8. The molecule has 0 fully saturated rings. The Kier molecular flexibility index (Phi) is 16.1. The molecule has 0 aromatic heterocycles. The Bertz CT molecular complexity index is 493. The Balaban J connectivity index is 0. The first-order valence-electron chi connectivity index (χ1n) is 11.5. The predicted octanol–water partition coefficient (Wildman–Crippen LogP) is 2.95. The van der Waals surface area contributed by atoms with Crippen molar-refractivity contribution < 1.29 is 14.3 Å². The molecule has 7 heteroatoms. The molecular weight excluding hydrogens is 392 g/mol. The topological polar surface area (TPSA) is 65.1 Å². The van der Waals surface area contributed by atoms with Crippen molar-refractivity contribution in [2.45, 2.75) is 66.9 Å².